The molecule has 0 bridgehead atoms. The number of rotatable bonds is 3. The molecule has 0 spiro atoms. The molecule has 3 aromatic rings. The lowest BCUT2D eigenvalue weighted by atomic mass is 10.1. The van der Waals surface area contributed by atoms with Gasteiger partial charge in [-0.3, -0.25) is 5.32 Å². The minimum atomic E-state index is -0.952. The van der Waals surface area contributed by atoms with Gasteiger partial charge in [0.25, 0.3) is 0 Å². The maximum atomic E-state index is 14.9. The summed E-state index contributed by atoms with van der Waals surface area (Å²) >= 11 is 0. The molecule has 1 fully saturated rings. The van der Waals surface area contributed by atoms with Crippen LogP contribution in [-0.4, -0.2) is 60.6 Å². The number of nitrogens with zero attached hydrogens (tertiary/aromatic N) is 5. The Morgan fingerprint density at radius 2 is 1.94 bits per heavy atom. The number of nitrogen functional groups attached to an aromatic ring is 1. The second-order valence-corrected chi connectivity index (χ2v) is 9.07. The zero-order valence-corrected chi connectivity index (χ0v) is 19.1. The van der Waals surface area contributed by atoms with Gasteiger partial charge in [-0.1, -0.05) is 6.07 Å². The summed E-state index contributed by atoms with van der Waals surface area (Å²) in [5.74, 6) is -0.471. The number of piperidine rings is 1. The Balaban J connectivity index is 1.66. The van der Waals surface area contributed by atoms with Crippen LogP contribution in [0.2, 0.25) is 0 Å². The van der Waals surface area contributed by atoms with Crippen molar-refractivity contribution in [1.29, 1.82) is 0 Å². The molecule has 1 aromatic carbocycles. The lowest BCUT2D eigenvalue weighted by Gasteiger charge is -2.30. The molecule has 2 aromatic heterocycles. The molecule has 180 valence electrons. The Labute approximate surface area is 194 Å². The van der Waals surface area contributed by atoms with Gasteiger partial charge in [0.1, 0.15) is 29.3 Å². The minimum absolute atomic E-state index is 0.0352. The van der Waals surface area contributed by atoms with E-state index in [2.05, 4.69) is 20.4 Å². The number of benzene rings is 1. The van der Waals surface area contributed by atoms with Crippen molar-refractivity contribution in [3.8, 4) is 11.3 Å². The van der Waals surface area contributed by atoms with Gasteiger partial charge in [0, 0.05) is 18.7 Å². The van der Waals surface area contributed by atoms with E-state index in [1.54, 1.807) is 31.5 Å². The summed E-state index contributed by atoms with van der Waals surface area (Å²) in [5.41, 5.74) is 6.70. The predicted octanol–water partition coefficient (Wildman–Crippen LogP) is 3.88. The summed E-state index contributed by atoms with van der Waals surface area (Å²) < 4.78 is 21.8. The van der Waals surface area contributed by atoms with Gasteiger partial charge in [-0.05, 0) is 45.7 Å². The number of ether oxygens (including phenoxy) is 1. The van der Waals surface area contributed by atoms with Crippen molar-refractivity contribution < 1.29 is 23.8 Å². The number of nitrogens with one attached hydrogen (secondary N) is 1. The minimum Gasteiger partial charge on any atom is -0.465 e. The van der Waals surface area contributed by atoms with Crippen LogP contribution in [0.15, 0.2) is 24.5 Å². The first-order valence-corrected chi connectivity index (χ1v) is 10.8. The molecule has 0 unspecified atom stereocenters. The molecule has 1 saturated heterocycles. The van der Waals surface area contributed by atoms with Crippen LogP contribution in [0.1, 0.15) is 39.7 Å². The van der Waals surface area contributed by atoms with E-state index in [0.29, 0.717) is 48.2 Å². The average Bonchev–Trinajstić information content (AvgIpc) is 3.15. The molecule has 3 heterocycles. The highest BCUT2D eigenvalue weighted by molar-refractivity contribution is 5.98. The second kappa shape index (κ2) is 8.76. The number of carbonyl (C=O) groups is 2. The molecule has 1 aliphatic rings. The molecule has 0 aliphatic carbocycles. The molecule has 12 heteroatoms. The first-order valence-electron chi connectivity index (χ1n) is 10.8. The molecule has 2 amide bonds. The van der Waals surface area contributed by atoms with Crippen molar-refractivity contribution in [2.24, 2.45) is 0 Å². The van der Waals surface area contributed by atoms with Gasteiger partial charge >= 0.3 is 12.2 Å². The monoisotopic (exact) mass is 471 g/mol. The van der Waals surface area contributed by atoms with E-state index in [1.807, 2.05) is 0 Å². The summed E-state index contributed by atoms with van der Waals surface area (Å²) in [4.78, 5) is 33.0. The number of fused-ring (bicyclic) bond motifs is 1. The third kappa shape index (κ3) is 4.70. The molecule has 4 N–H and O–H groups in total. The van der Waals surface area contributed by atoms with Crippen LogP contribution in [0.25, 0.3) is 22.3 Å². The van der Waals surface area contributed by atoms with Crippen molar-refractivity contribution >= 4 is 34.7 Å². The third-order valence-electron chi connectivity index (χ3n) is 5.48. The Kier molecular flexibility index (Phi) is 5.98. The first kappa shape index (κ1) is 23.2. The smallest absolute Gasteiger partial charge is 0.412 e. The lowest BCUT2D eigenvalue weighted by Crippen LogP contribution is -2.38. The zero-order chi connectivity index (χ0) is 24.6. The molecule has 1 aliphatic heterocycles. The standard InChI is InChI=1S/C22H26FN7O4/c1-22(2,3)34-20(31)27-15-5-4-12(10-14(15)23)17-16-18(24)25-11-26-19(16)30(28-17)13-6-8-29(9-7-13)21(32)33/h4-5,10-11,13H,6-9H2,1-3H3,(H,27,31)(H,32,33)(H2,24,25,26). The van der Waals surface area contributed by atoms with E-state index in [9.17, 15) is 19.1 Å². The van der Waals surface area contributed by atoms with Crippen molar-refractivity contribution in [3.05, 3.63) is 30.3 Å². The second-order valence-electron chi connectivity index (χ2n) is 9.07. The van der Waals surface area contributed by atoms with E-state index in [-0.39, 0.29) is 17.5 Å². The number of halogens is 1. The van der Waals surface area contributed by atoms with Crippen LogP contribution in [0, 0.1) is 5.82 Å². The van der Waals surface area contributed by atoms with E-state index < -0.39 is 23.6 Å². The highest BCUT2D eigenvalue weighted by Crippen LogP contribution is 2.35. The molecule has 0 radical (unpaired) electrons. The fourth-order valence-electron chi connectivity index (χ4n) is 3.93. The SMILES string of the molecule is CC(C)(C)OC(=O)Nc1ccc(-c2nn(C3CCN(C(=O)O)CC3)c3ncnc(N)c23)cc1F. The highest BCUT2D eigenvalue weighted by Gasteiger charge is 2.28. The number of hydrogen-bond acceptors (Lipinski definition) is 7. The van der Waals surface area contributed by atoms with Gasteiger partial charge in [0.15, 0.2) is 5.65 Å². The molecular formula is C22H26FN7O4. The van der Waals surface area contributed by atoms with Crippen LogP contribution in [0.3, 0.4) is 0 Å². The van der Waals surface area contributed by atoms with Crippen molar-refractivity contribution in [2.45, 2.75) is 45.3 Å². The first-order chi connectivity index (χ1) is 16.0. The van der Waals surface area contributed by atoms with Gasteiger partial charge < -0.3 is 20.5 Å². The van der Waals surface area contributed by atoms with Crippen molar-refractivity contribution in [3.63, 3.8) is 0 Å². The Morgan fingerprint density at radius 1 is 1.24 bits per heavy atom. The summed E-state index contributed by atoms with van der Waals surface area (Å²) in [7, 11) is 0. The van der Waals surface area contributed by atoms with Gasteiger partial charge in [-0.15, -0.1) is 0 Å². The number of hydrogen-bond donors (Lipinski definition) is 3. The average molecular weight is 471 g/mol. The van der Waals surface area contributed by atoms with Gasteiger partial charge in [-0.2, -0.15) is 5.10 Å². The lowest BCUT2D eigenvalue weighted by molar-refractivity contribution is 0.0635. The van der Waals surface area contributed by atoms with Gasteiger partial charge in [-0.25, -0.2) is 28.6 Å². The quantitative estimate of drug-likeness (QED) is 0.521. The number of carbonyl (C=O) groups excluding carboxylic acids is 1. The molecule has 34 heavy (non-hydrogen) atoms. The molecule has 11 nitrogen and oxygen atoms in total. The summed E-state index contributed by atoms with van der Waals surface area (Å²) in [6.45, 7) is 5.89. The van der Waals surface area contributed by atoms with Crippen molar-refractivity contribution in [2.75, 3.05) is 24.1 Å². The predicted molar refractivity (Wildman–Crippen MR) is 123 cm³/mol. The zero-order valence-electron chi connectivity index (χ0n) is 19.1. The summed E-state index contributed by atoms with van der Waals surface area (Å²) in [5, 5.41) is 16.8. The molecule has 0 atom stereocenters. The topological polar surface area (TPSA) is 148 Å². The molecule has 0 saturated carbocycles. The summed E-state index contributed by atoms with van der Waals surface area (Å²) in [6, 6.07) is 4.18. The molecular weight excluding hydrogens is 445 g/mol. The third-order valence-corrected chi connectivity index (χ3v) is 5.48. The van der Waals surface area contributed by atoms with Crippen LogP contribution in [0.5, 0.6) is 0 Å². The normalized spacial score (nSPS) is 14.9. The van der Waals surface area contributed by atoms with Crippen LogP contribution in [0.4, 0.5) is 25.5 Å². The number of likely N-dealkylation sites (tertiary alicyclic amines) is 1. The number of amides is 2. The Bertz CT molecular complexity index is 1250. The van der Waals surface area contributed by atoms with E-state index in [0.717, 1.165) is 0 Å². The van der Waals surface area contributed by atoms with E-state index >= 15 is 0 Å². The Hall–Kier alpha value is -3.96. The van der Waals surface area contributed by atoms with Crippen LogP contribution in [-0.2, 0) is 4.74 Å². The van der Waals surface area contributed by atoms with Gasteiger partial charge in [0.05, 0.1) is 17.1 Å². The van der Waals surface area contributed by atoms with Crippen LogP contribution < -0.4 is 11.1 Å². The summed E-state index contributed by atoms with van der Waals surface area (Å²) in [6.07, 6.45) is 0.727. The fourth-order valence-corrected chi connectivity index (χ4v) is 3.93. The van der Waals surface area contributed by atoms with E-state index in [1.165, 1.54) is 23.4 Å². The number of carboxylic acid groups (broad SMARTS) is 1. The highest BCUT2D eigenvalue weighted by atomic mass is 19.1. The number of anilines is 2. The van der Waals surface area contributed by atoms with Gasteiger partial charge in [0.2, 0.25) is 0 Å². The largest absolute Gasteiger partial charge is 0.465 e. The maximum absolute atomic E-state index is 14.9. The fraction of sp³-hybridized carbons (Fsp3) is 0.409. The Morgan fingerprint density at radius 3 is 2.56 bits per heavy atom. The van der Waals surface area contributed by atoms with Crippen molar-refractivity contribution in [1.82, 2.24) is 24.6 Å². The molecule has 4 rings (SSSR count). The van der Waals surface area contributed by atoms with E-state index in [4.69, 9.17) is 10.5 Å². The number of nitrogens with two attached hydrogens (primary N) is 1. The maximum Gasteiger partial charge on any atom is 0.412 e. The number of aromatic nitrogens is 4. The van der Waals surface area contributed by atoms with Crippen LogP contribution >= 0.6 is 0 Å².